The molecule has 0 radical (unpaired) electrons. The maximum Gasteiger partial charge on any atom is 0.0328 e. The van der Waals surface area contributed by atoms with E-state index in [-0.39, 0.29) is 12.4 Å². The second kappa shape index (κ2) is 5.12. The SMILES string of the molecule is Cc1ccc(CN2CC[C@H](N)C2)s1.Cl. The van der Waals surface area contributed by atoms with Crippen LogP contribution in [0.4, 0.5) is 0 Å². The van der Waals surface area contributed by atoms with Gasteiger partial charge in [-0.15, -0.1) is 23.7 Å². The molecule has 1 saturated heterocycles. The molecule has 1 fully saturated rings. The molecule has 1 aliphatic heterocycles. The highest BCUT2D eigenvalue weighted by Crippen LogP contribution is 2.19. The normalized spacial score (nSPS) is 22.3. The van der Waals surface area contributed by atoms with E-state index in [1.54, 1.807) is 0 Å². The second-order valence-corrected chi connectivity index (χ2v) is 5.17. The van der Waals surface area contributed by atoms with Gasteiger partial charge in [0.15, 0.2) is 0 Å². The van der Waals surface area contributed by atoms with Crippen LogP contribution in [0.25, 0.3) is 0 Å². The number of rotatable bonds is 2. The summed E-state index contributed by atoms with van der Waals surface area (Å²) in [6.45, 7) is 5.48. The third kappa shape index (κ3) is 2.95. The van der Waals surface area contributed by atoms with E-state index in [1.807, 2.05) is 11.3 Å². The van der Waals surface area contributed by atoms with E-state index in [2.05, 4.69) is 24.0 Å². The van der Waals surface area contributed by atoms with Gasteiger partial charge in [-0.2, -0.15) is 0 Å². The molecule has 14 heavy (non-hydrogen) atoms. The quantitative estimate of drug-likeness (QED) is 0.846. The molecule has 1 aromatic rings. The molecule has 0 unspecified atom stereocenters. The number of likely N-dealkylation sites (tertiary alicyclic amines) is 1. The van der Waals surface area contributed by atoms with E-state index in [0.29, 0.717) is 6.04 Å². The molecule has 1 aliphatic rings. The number of nitrogens with two attached hydrogens (primary N) is 1. The van der Waals surface area contributed by atoms with Crippen LogP contribution < -0.4 is 5.73 Å². The zero-order chi connectivity index (χ0) is 9.26. The van der Waals surface area contributed by atoms with Gasteiger partial charge < -0.3 is 5.73 Å². The average molecular weight is 233 g/mol. The number of halogens is 1. The van der Waals surface area contributed by atoms with Gasteiger partial charge in [-0.05, 0) is 25.5 Å². The van der Waals surface area contributed by atoms with E-state index in [4.69, 9.17) is 5.73 Å². The Kier molecular flexibility index (Phi) is 4.38. The van der Waals surface area contributed by atoms with Crippen LogP contribution in [0.2, 0.25) is 0 Å². The van der Waals surface area contributed by atoms with Crippen molar-refractivity contribution in [2.75, 3.05) is 13.1 Å². The van der Waals surface area contributed by atoms with Crippen molar-refractivity contribution >= 4 is 23.7 Å². The fourth-order valence-corrected chi connectivity index (χ4v) is 2.73. The molecule has 2 N–H and O–H groups in total. The molecule has 80 valence electrons. The molecule has 1 aromatic heterocycles. The largest absolute Gasteiger partial charge is 0.326 e. The van der Waals surface area contributed by atoms with Crippen LogP contribution in [0.3, 0.4) is 0 Å². The van der Waals surface area contributed by atoms with Gasteiger partial charge in [-0.25, -0.2) is 0 Å². The van der Waals surface area contributed by atoms with Gasteiger partial charge in [0.05, 0.1) is 0 Å². The fourth-order valence-electron chi connectivity index (χ4n) is 1.80. The number of aryl methyl sites for hydroxylation is 1. The first-order valence-corrected chi connectivity index (χ1v) is 5.59. The van der Waals surface area contributed by atoms with Crippen LogP contribution in [0.1, 0.15) is 16.2 Å². The van der Waals surface area contributed by atoms with E-state index in [9.17, 15) is 0 Å². The summed E-state index contributed by atoms with van der Waals surface area (Å²) in [5.74, 6) is 0. The minimum Gasteiger partial charge on any atom is -0.326 e. The van der Waals surface area contributed by atoms with Crippen molar-refractivity contribution in [3.8, 4) is 0 Å². The van der Waals surface area contributed by atoms with Crippen LogP contribution in [0.15, 0.2) is 12.1 Å². The topological polar surface area (TPSA) is 29.3 Å². The Morgan fingerprint density at radius 1 is 1.57 bits per heavy atom. The standard InChI is InChI=1S/C10H16N2S.ClH/c1-8-2-3-10(13-8)7-12-5-4-9(11)6-12;/h2-3,9H,4-7,11H2,1H3;1H/t9-;/m0./s1. The zero-order valence-corrected chi connectivity index (χ0v) is 10.0. The summed E-state index contributed by atoms with van der Waals surface area (Å²) >= 11 is 1.89. The molecule has 0 spiro atoms. The van der Waals surface area contributed by atoms with Crippen LogP contribution in [0, 0.1) is 6.92 Å². The Morgan fingerprint density at radius 2 is 2.36 bits per heavy atom. The molecular weight excluding hydrogens is 216 g/mol. The molecule has 2 nitrogen and oxygen atoms in total. The summed E-state index contributed by atoms with van der Waals surface area (Å²) in [6, 6.07) is 4.82. The summed E-state index contributed by atoms with van der Waals surface area (Å²) in [6.07, 6.45) is 1.16. The summed E-state index contributed by atoms with van der Waals surface area (Å²) in [4.78, 5) is 5.31. The van der Waals surface area contributed by atoms with Crippen molar-refractivity contribution in [1.29, 1.82) is 0 Å². The highest BCUT2D eigenvalue weighted by atomic mass is 35.5. The summed E-state index contributed by atoms with van der Waals surface area (Å²) in [7, 11) is 0. The summed E-state index contributed by atoms with van der Waals surface area (Å²) < 4.78 is 0. The lowest BCUT2D eigenvalue weighted by Gasteiger charge is -2.13. The van der Waals surface area contributed by atoms with Gasteiger partial charge in [0, 0.05) is 35.4 Å². The predicted molar refractivity (Wildman–Crippen MR) is 64.2 cm³/mol. The Bertz CT molecular complexity index is 287. The van der Waals surface area contributed by atoms with Crippen LogP contribution in [-0.2, 0) is 6.54 Å². The first-order valence-electron chi connectivity index (χ1n) is 4.77. The zero-order valence-electron chi connectivity index (χ0n) is 8.40. The van der Waals surface area contributed by atoms with Crippen molar-refractivity contribution in [3.63, 3.8) is 0 Å². The maximum atomic E-state index is 5.85. The molecule has 0 saturated carbocycles. The lowest BCUT2D eigenvalue weighted by atomic mass is 10.3. The Hall–Kier alpha value is -0.0900. The Balaban J connectivity index is 0.000000980. The lowest BCUT2D eigenvalue weighted by molar-refractivity contribution is 0.330. The molecule has 0 amide bonds. The van der Waals surface area contributed by atoms with E-state index >= 15 is 0 Å². The Labute approximate surface area is 95.5 Å². The molecule has 0 aliphatic carbocycles. The van der Waals surface area contributed by atoms with E-state index < -0.39 is 0 Å². The smallest absolute Gasteiger partial charge is 0.0328 e. The molecule has 2 rings (SSSR count). The van der Waals surface area contributed by atoms with Gasteiger partial charge in [0.1, 0.15) is 0 Å². The average Bonchev–Trinajstić information content (AvgIpc) is 2.62. The minimum atomic E-state index is 0. The number of nitrogens with zero attached hydrogens (tertiary/aromatic N) is 1. The van der Waals surface area contributed by atoms with Crippen molar-refractivity contribution < 1.29 is 0 Å². The number of hydrogen-bond donors (Lipinski definition) is 1. The summed E-state index contributed by atoms with van der Waals surface area (Å²) in [5.41, 5.74) is 5.85. The maximum absolute atomic E-state index is 5.85. The summed E-state index contributed by atoms with van der Waals surface area (Å²) in [5, 5.41) is 0. The lowest BCUT2D eigenvalue weighted by Crippen LogP contribution is -2.25. The van der Waals surface area contributed by atoms with Gasteiger partial charge in [-0.1, -0.05) is 0 Å². The first kappa shape index (κ1) is 12.0. The minimum absolute atomic E-state index is 0. The number of thiophene rings is 1. The van der Waals surface area contributed by atoms with Crippen molar-refractivity contribution in [2.24, 2.45) is 5.73 Å². The monoisotopic (exact) mass is 232 g/mol. The van der Waals surface area contributed by atoms with E-state index in [0.717, 1.165) is 26.1 Å². The van der Waals surface area contributed by atoms with E-state index in [1.165, 1.54) is 9.75 Å². The van der Waals surface area contributed by atoms with Crippen LogP contribution in [0.5, 0.6) is 0 Å². The van der Waals surface area contributed by atoms with Gasteiger partial charge in [-0.3, -0.25) is 4.90 Å². The van der Waals surface area contributed by atoms with Crippen molar-refractivity contribution in [2.45, 2.75) is 25.9 Å². The highest BCUT2D eigenvalue weighted by molar-refractivity contribution is 7.11. The molecule has 1 atom stereocenters. The third-order valence-electron chi connectivity index (χ3n) is 2.48. The van der Waals surface area contributed by atoms with Gasteiger partial charge >= 0.3 is 0 Å². The second-order valence-electron chi connectivity index (χ2n) is 3.80. The van der Waals surface area contributed by atoms with Gasteiger partial charge in [0.2, 0.25) is 0 Å². The molecule has 0 bridgehead atoms. The molecule has 0 aromatic carbocycles. The van der Waals surface area contributed by atoms with Gasteiger partial charge in [0.25, 0.3) is 0 Å². The predicted octanol–water partition coefficient (Wildman–Crippen LogP) is 2.01. The first-order chi connectivity index (χ1) is 6.24. The molecular formula is C10H17ClN2S. The number of hydrogen-bond acceptors (Lipinski definition) is 3. The highest BCUT2D eigenvalue weighted by Gasteiger charge is 2.18. The molecule has 2 heterocycles. The van der Waals surface area contributed by atoms with Crippen LogP contribution in [-0.4, -0.2) is 24.0 Å². The van der Waals surface area contributed by atoms with Crippen molar-refractivity contribution in [1.82, 2.24) is 4.90 Å². The van der Waals surface area contributed by atoms with Crippen molar-refractivity contribution in [3.05, 3.63) is 21.9 Å². The molecule has 4 heteroatoms. The van der Waals surface area contributed by atoms with Crippen LogP contribution >= 0.6 is 23.7 Å². The third-order valence-corrected chi connectivity index (χ3v) is 3.47. The fraction of sp³-hybridized carbons (Fsp3) is 0.600. The Morgan fingerprint density at radius 3 is 2.86 bits per heavy atom.